The molecule has 4 unspecified atom stereocenters. The summed E-state index contributed by atoms with van der Waals surface area (Å²) in [4.78, 5) is 26.6. The van der Waals surface area contributed by atoms with Gasteiger partial charge < -0.3 is 0 Å². The maximum atomic E-state index is 12.9. The molecule has 120 valence electrons. The van der Waals surface area contributed by atoms with Crippen LogP contribution in [0.15, 0.2) is 36.4 Å². The van der Waals surface area contributed by atoms with Crippen LogP contribution in [-0.2, 0) is 15.8 Å². The molecule has 0 N–H and O–H groups in total. The third-order valence-electron chi connectivity index (χ3n) is 5.54. The average molecular weight is 321 g/mol. The summed E-state index contributed by atoms with van der Waals surface area (Å²) in [6.45, 7) is 1.76. The quantitative estimate of drug-likeness (QED) is 0.587. The molecule has 1 aromatic rings. The molecule has 6 heteroatoms. The van der Waals surface area contributed by atoms with Crippen molar-refractivity contribution < 1.29 is 22.8 Å². The monoisotopic (exact) mass is 321 g/mol. The highest BCUT2D eigenvalue weighted by Gasteiger charge is 2.67. The van der Waals surface area contributed by atoms with Crippen LogP contribution in [0.5, 0.6) is 0 Å². The molecule has 1 heterocycles. The van der Waals surface area contributed by atoms with E-state index in [1.807, 2.05) is 12.2 Å². The Kier molecular flexibility index (Phi) is 2.67. The standard InChI is InChI=1S/C17H14F3NO2/c1-16-10-6-5-9(7-10)13(16)14(22)21(15(16)23)12-4-2-3-11(8-12)17(18,19)20/h2-6,8-10,13H,7H2,1H3. The zero-order chi connectivity index (χ0) is 16.6. The largest absolute Gasteiger partial charge is 0.416 e. The average Bonchev–Trinajstić information content (AvgIpc) is 3.11. The lowest BCUT2D eigenvalue weighted by Gasteiger charge is -2.28. The van der Waals surface area contributed by atoms with Gasteiger partial charge in [0.2, 0.25) is 11.8 Å². The van der Waals surface area contributed by atoms with E-state index in [2.05, 4.69) is 0 Å². The van der Waals surface area contributed by atoms with Gasteiger partial charge in [0, 0.05) is 0 Å². The predicted molar refractivity (Wildman–Crippen MR) is 76.3 cm³/mol. The molecule has 2 amide bonds. The number of anilines is 1. The molecule has 2 bridgehead atoms. The van der Waals surface area contributed by atoms with Crippen molar-refractivity contribution in [3.63, 3.8) is 0 Å². The third-order valence-corrected chi connectivity index (χ3v) is 5.54. The first-order chi connectivity index (χ1) is 10.7. The van der Waals surface area contributed by atoms with E-state index >= 15 is 0 Å². The molecular weight excluding hydrogens is 307 g/mol. The van der Waals surface area contributed by atoms with Gasteiger partial charge in [0.15, 0.2) is 0 Å². The molecule has 0 radical (unpaired) electrons. The first kappa shape index (κ1) is 14.5. The van der Waals surface area contributed by atoms with Gasteiger partial charge in [-0.3, -0.25) is 9.59 Å². The van der Waals surface area contributed by atoms with E-state index < -0.39 is 23.1 Å². The fourth-order valence-corrected chi connectivity index (χ4v) is 4.37. The summed E-state index contributed by atoms with van der Waals surface area (Å²) >= 11 is 0. The second-order valence-electron chi connectivity index (χ2n) is 6.68. The van der Waals surface area contributed by atoms with Crippen molar-refractivity contribution in [1.82, 2.24) is 0 Å². The number of hydrogen-bond acceptors (Lipinski definition) is 2. The van der Waals surface area contributed by atoms with Gasteiger partial charge in [-0.05, 0) is 43.4 Å². The summed E-state index contributed by atoms with van der Waals surface area (Å²) in [6.07, 6.45) is 0.178. The minimum absolute atomic E-state index is 0.00449. The Bertz CT molecular complexity index is 754. The highest BCUT2D eigenvalue weighted by atomic mass is 19.4. The lowest BCUT2D eigenvalue weighted by molar-refractivity contribution is -0.137. The Labute approximate surface area is 130 Å². The van der Waals surface area contributed by atoms with Gasteiger partial charge >= 0.3 is 6.18 Å². The second kappa shape index (κ2) is 4.24. The molecule has 23 heavy (non-hydrogen) atoms. The van der Waals surface area contributed by atoms with E-state index in [1.54, 1.807) is 6.92 Å². The molecule has 1 aromatic carbocycles. The highest BCUT2D eigenvalue weighted by molar-refractivity contribution is 6.24. The molecule has 3 nitrogen and oxygen atoms in total. The van der Waals surface area contributed by atoms with Crippen molar-refractivity contribution in [2.45, 2.75) is 19.5 Å². The molecule has 1 saturated heterocycles. The summed E-state index contributed by atoms with van der Waals surface area (Å²) in [5, 5.41) is 0. The Hall–Kier alpha value is -2.11. The van der Waals surface area contributed by atoms with Crippen LogP contribution in [-0.4, -0.2) is 11.8 Å². The van der Waals surface area contributed by atoms with Crippen LogP contribution in [0, 0.1) is 23.2 Å². The molecule has 0 aromatic heterocycles. The number of fused-ring (bicyclic) bond motifs is 5. The van der Waals surface area contributed by atoms with Crippen LogP contribution >= 0.6 is 0 Å². The van der Waals surface area contributed by atoms with Crippen molar-refractivity contribution in [2.24, 2.45) is 23.2 Å². The SMILES string of the molecule is CC12C(=O)N(c3cccc(C(F)(F)F)c3)C(=O)C1C1C=CC2C1. The van der Waals surface area contributed by atoms with E-state index in [0.717, 1.165) is 23.5 Å². The van der Waals surface area contributed by atoms with Crippen LogP contribution in [0.3, 0.4) is 0 Å². The van der Waals surface area contributed by atoms with E-state index in [-0.39, 0.29) is 29.3 Å². The molecule has 2 aliphatic carbocycles. The molecular formula is C17H14F3NO2. The predicted octanol–water partition coefficient (Wildman–Crippen LogP) is 3.41. The number of hydrogen-bond donors (Lipinski definition) is 0. The Balaban J connectivity index is 1.78. The van der Waals surface area contributed by atoms with Crippen LogP contribution in [0.25, 0.3) is 0 Å². The van der Waals surface area contributed by atoms with Crippen LogP contribution in [0.2, 0.25) is 0 Å². The number of benzene rings is 1. The molecule has 1 aliphatic heterocycles. The van der Waals surface area contributed by atoms with E-state index in [1.165, 1.54) is 12.1 Å². The van der Waals surface area contributed by atoms with Gasteiger partial charge in [0.1, 0.15) is 0 Å². The number of imide groups is 1. The fraction of sp³-hybridized carbons (Fsp3) is 0.412. The first-order valence-corrected chi connectivity index (χ1v) is 7.48. The first-order valence-electron chi connectivity index (χ1n) is 7.48. The van der Waals surface area contributed by atoms with Gasteiger partial charge in [-0.2, -0.15) is 13.2 Å². The van der Waals surface area contributed by atoms with Crippen molar-refractivity contribution in [2.75, 3.05) is 4.90 Å². The van der Waals surface area contributed by atoms with Crippen molar-refractivity contribution in [3.8, 4) is 0 Å². The number of carbonyl (C=O) groups excluding carboxylic acids is 2. The normalized spacial score (nSPS) is 35.3. The number of alkyl halides is 3. The van der Waals surface area contributed by atoms with Gasteiger partial charge in [0.25, 0.3) is 0 Å². The Morgan fingerprint density at radius 2 is 1.96 bits per heavy atom. The Morgan fingerprint density at radius 3 is 2.61 bits per heavy atom. The summed E-state index contributed by atoms with van der Waals surface area (Å²) in [6, 6.07) is 4.41. The molecule has 4 rings (SSSR count). The maximum absolute atomic E-state index is 12.9. The minimum Gasteiger partial charge on any atom is -0.274 e. The summed E-state index contributed by atoms with van der Waals surface area (Å²) in [5.74, 6) is -1.22. The number of amides is 2. The lowest BCUT2D eigenvalue weighted by Crippen LogP contribution is -2.37. The maximum Gasteiger partial charge on any atom is 0.416 e. The topological polar surface area (TPSA) is 37.4 Å². The van der Waals surface area contributed by atoms with E-state index in [9.17, 15) is 22.8 Å². The van der Waals surface area contributed by atoms with Crippen molar-refractivity contribution >= 4 is 17.5 Å². The smallest absolute Gasteiger partial charge is 0.274 e. The molecule has 1 saturated carbocycles. The zero-order valence-electron chi connectivity index (χ0n) is 12.3. The minimum atomic E-state index is -4.51. The zero-order valence-corrected chi connectivity index (χ0v) is 12.3. The van der Waals surface area contributed by atoms with Gasteiger partial charge in [-0.25, -0.2) is 4.90 Å². The van der Waals surface area contributed by atoms with Crippen molar-refractivity contribution in [1.29, 1.82) is 0 Å². The van der Waals surface area contributed by atoms with Gasteiger partial charge in [-0.15, -0.1) is 0 Å². The molecule has 0 spiro atoms. The number of carbonyl (C=O) groups is 2. The number of nitrogens with zero attached hydrogens (tertiary/aromatic N) is 1. The number of allylic oxidation sites excluding steroid dienone is 2. The number of rotatable bonds is 1. The second-order valence-corrected chi connectivity index (χ2v) is 6.68. The van der Waals surface area contributed by atoms with E-state index in [4.69, 9.17) is 0 Å². The molecule has 3 aliphatic rings. The molecule has 4 atom stereocenters. The van der Waals surface area contributed by atoms with Gasteiger partial charge in [0.05, 0.1) is 22.6 Å². The summed E-state index contributed by atoms with van der Waals surface area (Å²) < 4.78 is 38.7. The van der Waals surface area contributed by atoms with Crippen LogP contribution < -0.4 is 4.90 Å². The summed E-state index contributed by atoms with van der Waals surface area (Å²) in [5.41, 5.74) is -1.69. The summed E-state index contributed by atoms with van der Waals surface area (Å²) in [7, 11) is 0. The third kappa shape index (κ3) is 1.72. The lowest BCUT2D eigenvalue weighted by atomic mass is 9.71. The van der Waals surface area contributed by atoms with Crippen molar-refractivity contribution in [3.05, 3.63) is 42.0 Å². The van der Waals surface area contributed by atoms with E-state index in [0.29, 0.717) is 0 Å². The Morgan fingerprint density at radius 1 is 1.22 bits per heavy atom. The van der Waals surface area contributed by atoms with Crippen LogP contribution in [0.1, 0.15) is 18.9 Å². The number of halogens is 3. The van der Waals surface area contributed by atoms with Crippen LogP contribution in [0.4, 0.5) is 18.9 Å². The van der Waals surface area contributed by atoms with Gasteiger partial charge in [-0.1, -0.05) is 18.2 Å². The molecule has 2 fully saturated rings. The highest BCUT2D eigenvalue weighted by Crippen LogP contribution is 2.60. The fourth-order valence-electron chi connectivity index (χ4n) is 4.37.